The first-order valence-electron chi connectivity index (χ1n) is 9.70. The fourth-order valence-electron chi connectivity index (χ4n) is 4.07. The van der Waals surface area contributed by atoms with E-state index in [-0.39, 0.29) is 12.4 Å². The Morgan fingerprint density at radius 3 is 2.74 bits per heavy atom. The van der Waals surface area contributed by atoms with E-state index in [4.69, 9.17) is 21.1 Å². The highest BCUT2D eigenvalue weighted by atomic mass is 35.5. The van der Waals surface area contributed by atoms with E-state index in [1.54, 1.807) is 0 Å². The van der Waals surface area contributed by atoms with Crippen molar-refractivity contribution in [1.82, 2.24) is 19.7 Å². The summed E-state index contributed by atoms with van der Waals surface area (Å²) in [6, 6.07) is 7.68. The Morgan fingerprint density at radius 1 is 1.19 bits per heavy atom. The third-order valence-corrected chi connectivity index (χ3v) is 5.60. The molecule has 0 aliphatic carbocycles. The van der Waals surface area contributed by atoms with Crippen LogP contribution in [0.4, 0.5) is 0 Å². The van der Waals surface area contributed by atoms with E-state index >= 15 is 0 Å². The molecule has 4 rings (SSSR count). The molecule has 0 bridgehead atoms. The quantitative estimate of drug-likeness (QED) is 0.783. The standard InChI is InChI=1S/C20H27ClN4O2/c1-14-22-15(2)25(23-14)11-16-4-3-9-24(10-16)12-19-13-26-20(27-19)17-5-7-18(21)8-6-17/h5-8,16,19-20H,3-4,9-13H2,1-2H3/t16-,19+,20+/m1/s1. The molecule has 146 valence electrons. The minimum Gasteiger partial charge on any atom is -0.346 e. The normalized spacial score (nSPS) is 26.6. The Bertz CT molecular complexity index is 764. The topological polar surface area (TPSA) is 52.4 Å². The lowest BCUT2D eigenvalue weighted by Gasteiger charge is -2.33. The van der Waals surface area contributed by atoms with Gasteiger partial charge in [0.15, 0.2) is 6.29 Å². The van der Waals surface area contributed by atoms with Crippen molar-refractivity contribution in [3.05, 3.63) is 46.5 Å². The molecule has 3 atom stereocenters. The second-order valence-electron chi connectivity index (χ2n) is 7.63. The summed E-state index contributed by atoms with van der Waals surface area (Å²) >= 11 is 5.96. The van der Waals surface area contributed by atoms with Crippen LogP contribution in [0.3, 0.4) is 0 Å². The Labute approximate surface area is 165 Å². The van der Waals surface area contributed by atoms with Gasteiger partial charge in [0.05, 0.1) is 12.7 Å². The lowest BCUT2D eigenvalue weighted by molar-refractivity contribution is -0.0657. The molecule has 1 aromatic carbocycles. The average Bonchev–Trinajstić information content (AvgIpc) is 3.22. The van der Waals surface area contributed by atoms with Gasteiger partial charge in [-0.3, -0.25) is 0 Å². The van der Waals surface area contributed by atoms with Crippen LogP contribution in [0.5, 0.6) is 0 Å². The van der Waals surface area contributed by atoms with Crippen LogP contribution in [-0.2, 0) is 16.0 Å². The number of aryl methyl sites for hydroxylation is 2. The average molecular weight is 391 g/mol. The van der Waals surface area contributed by atoms with Crippen LogP contribution in [-0.4, -0.2) is 52.0 Å². The lowest BCUT2D eigenvalue weighted by Crippen LogP contribution is -2.42. The molecule has 0 spiro atoms. The molecular formula is C20H27ClN4O2. The molecule has 0 radical (unpaired) electrons. The zero-order chi connectivity index (χ0) is 18.8. The Balaban J connectivity index is 1.29. The monoisotopic (exact) mass is 390 g/mol. The summed E-state index contributed by atoms with van der Waals surface area (Å²) in [5, 5.41) is 5.24. The molecule has 27 heavy (non-hydrogen) atoms. The maximum atomic E-state index is 6.13. The van der Waals surface area contributed by atoms with Crippen LogP contribution >= 0.6 is 11.6 Å². The molecule has 1 aromatic heterocycles. The second kappa shape index (κ2) is 8.27. The highest BCUT2D eigenvalue weighted by Crippen LogP contribution is 2.29. The molecular weight excluding hydrogens is 364 g/mol. The summed E-state index contributed by atoms with van der Waals surface area (Å²) in [4.78, 5) is 6.92. The van der Waals surface area contributed by atoms with E-state index in [0.29, 0.717) is 12.5 Å². The first-order valence-corrected chi connectivity index (χ1v) is 10.1. The molecule has 0 N–H and O–H groups in total. The van der Waals surface area contributed by atoms with Crippen molar-refractivity contribution in [2.75, 3.05) is 26.2 Å². The molecule has 2 aliphatic heterocycles. The van der Waals surface area contributed by atoms with Crippen LogP contribution < -0.4 is 0 Å². The summed E-state index contributed by atoms with van der Waals surface area (Å²) in [5.74, 6) is 2.46. The lowest BCUT2D eigenvalue weighted by atomic mass is 9.98. The maximum absolute atomic E-state index is 6.13. The zero-order valence-corrected chi connectivity index (χ0v) is 16.7. The molecule has 2 aromatic rings. The number of hydrogen-bond donors (Lipinski definition) is 0. The summed E-state index contributed by atoms with van der Waals surface area (Å²) in [6.45, 7) is 8.66. The number of piperidine rings is 1. The number of rotatable bonds is 5. The Hall–Kier alpha value is -1.47. The van der Waals surface area contributed by atoms with E-state index in [2.05, 4.69) is 19.7 Å². The van der Waals surface area contributed by atoms with Gasteiger partial charge in [-0.25, -0.2) is 9.67 Å². The first kappa shape index (κ1) is 18.9. The van der Waals surface area contributed by atoms with Crippen LogP contribution in [0.15, 0.2) is 24.3 Å². The molecule has 7 heteroatoms. The second-order valence-corrected chi connectivity index (χ2v) is 8.07. The SMILES string of the molecule is Cc1nc(C)n(C[C@@H]2CCCN(C[C@H]3CO[C@H](c4ccc(Cl)cc4)O3)C2)n1. The van der Waals surface area contributed by atoms with Crippen LogP contribution in [0.2, 0.25) is 5.02 Å². The van der Waals surface area contributed by atoms with Crippen molar-refractivity contribution >= 4 is 11.6 Å². The smallest absolute Gasteiger partial charge is 0.184 e. The summed E-state index contributed by atoms with van der Waals surface area (Å²) < 4.78 is 14.0. The van der Waals surface area contributed by atoms with Gasteiger partial charge in [-0.15, -0.1) is 0 Å². The Morgan fingerprint density at radius 2 is 2.00 bits per heavy atom. The van der Waals surface area contributed by atoms with Crippen LogP contribution in [0.25, 0.3) is 0 Å². The largest absolute Gasteiger partial charge is 0.346 e. The predicted octanol–water partition coefficient (Wildman–Crippen LogP) is 3.37. The van der Waals surface area contributed by atoms with Crippen LogP contribution in [0, 0.1) is 19.8 Å². The van der Waals surface area contributed by atoms with Gasteiger partial charge in [0.1, 0.15) is 11.6 Å². The van der Waals surface area contributed by atoms with Gasteiger partial charge in [-0.05, 0) is 51.3 Å². The van der Waals surface area contributed by atoms with E-state index in [1.807, 2.05) is 38.1 Å². The number of benzene rings is 1. The van der Waals surface area contributed by atoms with Crippen molar-refractivity contribution < 1.29 is 9.47 Å². The molecule has 0 amide bonds. The number of halogens is 1. The predicted molar refractivity (Wildman–Crippen MR) is 104 cm³/mol. The number of aromatic nitrogens is 3. The van der Waals surface area contributed by atoms with E-state index in [0.717, 1.165) is 48.4 Å². The number of hydrogen-bond acceptors (Lipinski definition) is 5. The van der Waals surface area contributed by atoms with Crippen molar-refractivity contribution in [3.8, 4) is 0 Å². The third kappa shape index (κ3) is 4.69. The van der Waals surface area contributed by atoms with Crippen molar-refractivity contribution in [2.24, 2.45) is 5.92 Å². The molecule has 6 nitrogen and oxygen atoms in total. The molecule has 3 heterocycles. The van der Waals surface area contributed by atoms with Crippen molar-refractivity contribution in [1.29, 1.82) is 0 Å². The number of ether oxygens (including phenoxy) is 2. The fourth-order valence-corrected chi connectivity index (χ4v) is 4.20. The van der Waals surface area contributed by atoms with Crippen molar-refractivity contribution in [3.63, 3.8) is 0 Å². The minimum absolute atomic E-state index is 0.111. The maximum Gasteiger partial charge on any atom is 0.184 e. The van der Waals surface area contributed by atoms with E-state index < -0.39 is 0 Å². The molecule has 2 aliphatic rings. The van der Waals surface area contributed by atoms with Gasteiger partial charge in [-0.1, -0.05) is 23.7 Å². The first-order chi connectivity index (χ1) is 13.1. The van der Waals surface area contributed by atoms with Crippen molar-refractivity contribution in [2.45, 2.75) is 45.6 Å². The minimum atomic E-state index is -0.284. The van der Waals surface area contributed by atoms with Gasteiger partial charge in [0.2, 0.25) is 0 Å². The van der Waals surface area contributed by atoms with E-state index in [1.165, 1.54) is 12.8 Å². The third-order valence-electron chi connectivity index (χ3n) is 5.35. The van der Waals surface area contributed by atoms with Gasteiger partial charge < -0.3 is 14.4 Å². The number of nitrogens with zero attached hydrogens (tertiary/aromatic N) is 4. The zero-order valence-electron chi connectivity index (χ0n) is 16.0. The number of likely N-dealkylation sites (tertiary alicyclic amines) is 1. The van der Waals surface area contributed by atoms with Gasteiger partial charge in [-0.2, -0.15) is 5.10 Å². The van der Waals surface area contributed by atoms with E-state index in [9.17, 15) is 0 Å². The van der Waals surface area contributed by atoms with Gasteiger partial charge in [0, 0.05) is 30.2 Å². The summed E-state index contributed by atoms with van der Waals surface area (Å²) in [6.07, 6.45) is 2.28. The molecule has 2 saturated heterocycles. The summed E-state index contributed by atoms with van der Waals surface area (Å²) in [7, 11) is 0. The Kier molecular flexibility index (Phi) is 5.78. The molecule has 0 saturated carbocycles. The highest BCUT2D eigenvalue weighted by molar-refractivity contribution is 6.30. The summed E-state index contributed by atoms with van der Waals surface area (Å²) in [5.41, 5.74) is 1.02. The van der Waals surface area contributed by atoms with Gasteiger partial charge in [0.25, 0.3) is 0 Å². The molecule has 2 fully saturated rings. The molecule has 0 unspecified atom stereocenters. The van der Waals surface area contributed by atoms with Crippen LogP contribution in [0.1, 0.15) is 36.3 Å². The van der Waals surface area contributed by atoms with Gasteiger partial charge >= 0.3 is 0 Å². The fraction of sp³-hybridized carbons (Fsp3) is 0.600. The highest BCUT2D eigenvalue weighted by Gasteiger charge is 2.30.